The second-order valence-electron chi connectivity index (χ2n) is 5.73. The van der Waals surface area contributed by atoms with Crippen molar-refractivity contribution in [1.82, 2.24) is 15.2 Å². The van der Waals surface area contributed by atoms with Gasteiger partial charge in [-0.3, -0.25) is 0 Å². The van der Waals surface area contributed by atoms with Crippen LogP contribution in [-0.4, -0.2) is 21.2 Å². The van der Waals surface area contributed by atoms with Gasteiger partial charge in [0.2, 0.25) is 0 Å². The quantitative estimate of drug-likeness (QED) is 0.776. The molecule has 21 heavy (non-hydrogen) atoms. The second kappa shape index (κ2) is 4.67. The highest BCUT2D eigenvalue weighted by atomic mass is 15.5. The minimum absolute atomic E-state index is 0.503. The summed E-state index contributed by atoms with van der Waals surface area (Å²) in [5, 5.41) is 11.8. The topological polar surface area (TPSA) is 41.1 Å². The number of hydrogen-bond acceptors (Lipinski definition) is 4. The molecule has 4 rings (SSSR count). The molecule has 4 nitrogen and oxygen atoms in total. The summed E-state index contributed by atoms with van der Waals surface area (Å²) in [7, 11) is 0. The Hall–Kier alpha value is -2.20. The monoisotopic (exact) mass is 278 g/mol. The van der Waals surface area contributed by atoms with Gasteiger partial charge in [0.15, 0.2) is 0 Å². The van der Waals surface area contributed by atoms with E-state index in [4.69, 9.17) is 0 Å². The number of aromatic nitrogens is 2. The highest BCUT2D eigenvalue weighted by molar-refractivity contribution is 6.00. The first-order valence-electron chi connectivity index (χ1n) is 7.47. The molecule has 0 amide bonds. The van der Waals surface area contributed by atoms with Gasteiger partial charge in [0, 0.05) is 29.1 Å². The molecule has 1 unspecified atom stereocenters. The van der Waals surface area contributed by atoms with Crippen molar-refractivity contribution in [3.05, 3.63) is 42.1 Å². The second-order valence-corrected chi connectivity index (χ2v) is 5.73. The zero-order valence-corrected chi connectivity index (χ0v) is 12.3. The summed E-state index contributed by atoms with van der Waals surface area (Å²) in [5.41, 5.74) is 9.52. The lowest BCUT2D eigenvalue weighted by atomic mass is 10.0. The van der Waals surface area contributed by atoms with E-state index in [2.05, 4.69) is 58.7 Å². The van der Waals surface area contributed by atoms with Crippen LogP contribution >= 0.6 is 0 Å². The number of nitrogens with one attached hydrogen (secondary N) is 1. The standard InChI is InChI=1S/C17H18N4/c1-3-11(2)21-10-13-5-4-12-8-9-18-19-17(12)14-6-7-15(20-21)16(13)14/h4-9,11,20H,3,10H2,1-2H3. The summed E-state index contributed by atoms with van der Waals surface area (Å²) in [6, 6.07) is 11.2. The van der Waals surface area contributed by atoms with Gasteiger partial charge in [-0.2, -0.15) is 5.10 Å². The molecule has 0 fully saturated rings. The lowest BCUT2D eigenvalue weighted by Crippen LogP contribution is -2.39. The van der Waals surface area contributed by atoms with Crippen LogP contribution in [0, 0.1) is 0 Å². The van der Waals surface area contributed by atoms with Crippen molar-refractivity contribution < 1.29 is 0 Å². The number of nitrogens with zero attached hydrogens (tertiary/aromatic N) is 3. The molecule has 0 saturated carbocycles. The Morgan fingerprint density at radius 2 is 2.14 bits per heavy atom. The van der Waals surface area contributed by atoms with Gasteiger partial charge in [0.1, 0.15) is 5.52 Å². The van der Waals surface area contributed by atoms with E-state index in [0.717, 1.165) is 23.9 Å². The first-order valence-corrected chi connectivity index (χ1v) is 7.47. The molecular formula is C17H18N4. The SMILES string of the molecule is CCC(C)N1Cc2ccc3ccnnc3c3ccc(c2-3)N1. The Labute approximate surface area is 124 Å². The molecule has 2 aliphatic carbocycles. The van der Waals surface area contributed by atoms with Crippen LogP contribution in [0.5, 0.6) is 0 Å². The van der Waals surface area contributed by atoms with Crippen molar-refractivity contribution >= 4 is 16.6 Å². The summed E-state index contributed by atoms with van der Waals surface area (Å²) in [6.45, 7) is 5.39. The largest absolute Gasteiger partial charge is 0.318 e. The van der Waals surface area contributed by atoms with E-state index in [1.165, 1.54) is 22.4 Å². The maximum absolute atomic E-state index is 4.34. The zero-order valence-electron chi connectivity index (χ0n) is 12.3. The summed E-state index contributed by atoms with van der Waals surface area (Å²) in [5.74, 6) is 0. The van der Waals surface area contributed by atoms with Crippen molar-refractivity contribution in [2.45, 2.75) is 32.9 Å². The molecule has 0 spiro atoms. The molecule has 0 radical (unpaired) electrons. The number of hydrazine groups is 1. The highest BCUT2D eigenvalue weighted by Crippen LogP contribution is 2.41. The van der Waals surface area contributed by atoms with E-state index in [-0.39, 0.29) is 0 Å². The van der Waals surface area contributed by atoms with E-state index < -0.39 is 0 Å². The highest BCUT2D eigenvalue weighted by Gasteiger charge is 2.25. The average Bonchev–Trinajstić information content (AvgIpc) is 2.88. The van der Waals surface area contributed by atoms with E-state index >= 15 is 0 Å². The molecule has 2 heterocycles. The van der Waals surface area contributed by atoms with Gasteiger partial charge in [0.05, 0.1) is 11.9 Å². The van der Waals surface area contributed by atoms with Gasteiger partial charge in [0.25, 0.3) is 0 Å². The van der Waals surface area contributed by atoms with Crippen molar-refractivity contribution in [1.29, 1.82) is 0 Å². The fourth-order valence-corrected chi connectivity index (χ4v) is 3.07. The zero-order chi connectivity index (χ0) is 14.4. The predicted octanol–water partition coefficient (Wildman–Crippen LogP) is 3.68. The number of rotatable bonds is 2. The van der Waals surface area contributed by atoms with Crippen LogP contribution in [0.3, 0.4) is 0 Å². The average molecular weight is 278 g/mol. The number of fused-ring (bicyclic) bond motifs is 2. The first kappa shape index (κ1) is 12.5. The maximum atomic E-state index is 4.34. The van der Waals surface area contributed by atoms with E-state index in [9.17, 15) is 0 Å². The Kier molecular flexibility index (Phi) is 2.79. The molecule has 0 bridgehead atoms. The fourth-order valence-electron chi connectivity index (χ4n) is 3.07. The number of hydrogen-bond donors (Lipinski definition) is 1. The van der Waals surface area contributed by atoms with Crippen LogP contribution in [0.4, 0.5) is 5.69 Å². The lowest BCUT2D eigenvalue weighted by Gasteiger charge is -2.34. The van der Waals surface area contributed by atoms with Crippen molar-refractivity contribution in [3.63, 3.8) is 0 Å². The summed E-state index contributed by atoms with van der Waals surface area (Å²) in [4.78, 5) is 0. The molecule has 1 aliphatic heterocycles. The first-order chi connectivity index (χ1) is 10.3. The minimum Gasteiger partial charge on any atom is -0.318 e. The van der Waals surface area contributed by atoms with E-state index in [0.29, 0.717) is 6.04 Å². The summed E-state index contributed by atoms with van der Waals surface area (Å²) < 4.78 is 0. The Bertz CT molecular complexity index is 783. The van der Waals surface area contributed by atoms with Crippen LogP contribution < -0.4 is 5.43 Å². The molecule has 0 aromatic carbocycles. The van der Waals surface area contributed by atoms with Crippen LogP contribution in [0.2, 0.25) is 0 Å². The minimum atomic E-state index is 0.503. The lowest BCUT2D eigenvalue weighted by molar-refractivity contribution is 0.237. The van der Waals surface area contributed by atoms with Crippen molar-refractivity contribution in [2.75, 3.05) is 5.43 Å². The van der Waals surface area contributed by atoms with Crippen LogP contribution in [0.1, 0.15) is 25.8 Å². The Morgan fingerprint density at radius 1 is 1.24 bits per heavy atom. The van der Waals surface area contributed by atoms with E-state index in [1.54, 1.807) is 6.20 Å². The van der Waals surface area contributed by atoms with Crippen molar-refractivity contribution in [3.8, 4) is 11.1 Å². The molecule has 1 atom stereocenters. The third-order valence-electron chi connectivity index (χ3n) is 4.48. The van der Waals surface area contributed by atoms with Crippen LogP contribution in [-0.2, 0) is 6.54 Å². The third kappa shape index (κ3) is 1.87. The Balaban J connectivity index is 1.93. The third-order valence-corrected chi connectivity index (χ3v) is 4.48. The van der Waals surface area contributed by atoms with Gasteiger partial charge in [-0.1, -0.05) is 19.1 Å². The maximum Gasteiger partial charge on any atom is 0.101 e. The normalized spacial score (nSPS) is 16.1. The summed E-state index contributed by atoms with van der Waals surface area (Å²) in [6.07, 6.45) is 2.87. The van der Waals surface area contributed by atoms with Gasteiger partial charge in [-0.15, -0.1) is 5.10 Å². The molecule has 3 aliphatic rings. The van der Waals surface area contributed by atoms with Gasteiger partial charge >= 0.3 is 0 Å². The molecule has 4 heteroatoms. The van der Waals surface area contributed by atoms with Gasteiger partial charge < -0.3 is 5.43 Å². The van der Waals surface area contributed by atoms with Crippen LogP contribution in [0.15, 0.2) is 36.5 Å². The summed E-state index contributed by atoms with van der Waals surface area (Å²) >= 11 is 0. The molecule has 1 N–H and O–H groups in total. The van der Waals surface area contributed by atoms with Crippen LogP contribution in [0.25, 0.3) is 22.0 Å². The Morgan fingerprint density at radius 3 is 3.00 bits per heavy atom. The predicted molar refractivity (Wildman–Crippen MR) is 85.1 cm³/mol. The van der Waals surface area contributed by atoms with Gasteiger partial charge in [-0.25, -0.2) is 5.01 Å². The number of anilines is 1. The molecule has 0 saturated heterocycles. The molecular weight excluding hydrogens is 260 g/mol. The fraction of sp³-hybridized carbons (Fsp3) is 0.294. The smallest absolute Gasteiger partial charge is 0.101 e. The van der Waals surface area contributed by atoms with Crippen molar-refractivity contribution in [2.24, 2.45) is 0 Å². The molecule has 1 aromatic heterocycles. The molecule has 1 aromatic rings. The van der Waals surface area contributed by atoms with Gasteiger partial charge in [-0.05, 0) is 37.1 Å². The molecule has 106 valence electrons. The van der Waals surface area contributed by atoms with E-state index in [1.807, 2.05) is 6.07 Å².